The molecule has 0 unspecified atom stereocenters. The molecule has 2 heterocycles. The van der Waals surface area contributed by atoms with Crippen LogP contribution in [0.15, 0.2) is 6.07 Å². The van der Waals surface area contributed by atoms with Gasteiger partial charge in [0, 0.05) is 55.2 Å². The molecule has 1 fully saturated rings. The van der Waals surface area contributed by atoms with Crippen molar-refractivity contribution in [2.24, 2.45) is 0 Å². The highest BCUT2D eigenvalue weighted by atomic mass is 15.2. The lowest BCUT2D eigenvalue weighted by molar-refractivity contribution is 0.147. The van der Waals surface area contributed by atoms with Gasteiger partial charge in [0.15, 0.2) is 0 Å². The summed E-state index contributed by atoms with van der Waals surface area (Å²) in [6, 6.07) is 2.13. The molecule has 0 radical (unpaired) electrons. The first-order valence-electron chi connectivity index (χ1n) is 10.4. The minimum atomic E-state index is -0.0678. The highest BCUT2D eigenvalue weighted by Crippen LogP contribution is 2.28. The summed E-state index contributed by atoms with van der Waals surface area (Å²) in [4.78, 5) is 14.7. The van der Waals surface area contributed by atoms with Crippen LogP contribution in [0.2, 0.25) is 0 Å². The van der Waals surface area contributed by atoms with E-state index < -0.39 is 0 Å². The van der Waals surface area contributed by atoms with Crippen LogP contribution in [0.25, 0.3) is 0 Å². The van der Waals surface area contributed by atoms with Crippen molar-refractivity contribution in [3.63, 3.8) is 0 Å². The number of piperazine rings is 1. The molecule has 0 aliphatic carbocycles. The van der Waals surface area contributed by atoms with Gasteiger partial charge in [-0.3, -0.25) is 0 Å². The van der Waals surface area contributed by atoms with Crippen molar-refractivity contribution < 1.29 is 0 Å². The molecular weight excluding hydrogens is 334 g/mol. The predicted molar refractivity (Wildman–Crippen MR) is 116 cm³/mol. The standard InChI is InChI=1S/C22H41N5/c1-20(2,3)17-16-18(24-19(23-17)21(4,5)6)25-22(7,8)10-11-27-14-12-26(9)13-15-27/h16H,10-15H2,1-9H3,(H,23,24,25). The van der Waals surface area contributed by atoms with E-state index in [1.165, 1.54) is 26.2 Å². The molecule has 1 saturated heterocycles. The maximum atomic E-state index is 4.87. The second-order valence-corrected chi connectivity index (χ2v) is 10.9. The summed E-state index contributed by atoms with van der Waals surface area (Å²) in [6.45, 7) is 23.5. The third-order valence-electron chi connectivity index (χ3n) is 5.28. The summed E-state index contributed by atoms with van der Waals surface area (Å²) in [5.41, 5.74) is 1.02. The van der Waals surface area contributed by atoms with Crippen LogP contribution in [0.3, 0.4) is 0 Å². The molecule has 1 aromatic heterocycles. The van der Waals surface area contributed by atoms with Crippen LogP contribution >= 0.6 is 0 Å². The molecule has 0 atom stereocenters. The lowest BCUT2D eigenvalue weighted by Crippen LogP contribution is -2.46. The van der Waals surface area contributed by atoms with E-state index in [4.69, 9.17) is 9.97 Å². The minimum Gasteiger partial charge on any atom is -0.365 e. The van der Waals surface area contributed by atoms with Gasteiger partial charge in [0.25, 0.3) is 0 Å². The Hall–Kier alpha value is -1.20. The summed E-state index contributed by atoms with van der Waals surface area (Å²) in [5.74, 6) is 1.86. The zero-order valence-electron chi connectivity index (χ0n) is 19.1. The lowest BCUT2D eigenvalue weighted by Gasteiger charge is -2.35. The first kappa shape index (κ1) is 22.1. The number of aromatic nitrogens is 2. The molecule has 1 N–H and O–H groups in total. The van der Waals surface area contributed by atoms with E-state index in [-0.39, 0.29) is 16.4 Å². The number of nitrogens with zero attached hydrogens (tertiary/aromatic N) is 4. The van der Waals surface area contributed by atoms with Gasteiger partial charge in [-0.15, -0.1) is 0 Å². The van der Waals surface area contributed by atoms with Crippen LogP contribution < -0.4 is 5.32 Å². The zero-order chi connectivity index (χ0) is 20.5. The Kier molecular flexibility index (Phi) is 6.58. The van der Waals surface area contributed by atoms with Crippen LogP contribution in [0.1, 0.15) is 73.3 Å². The number of anilines is 1. The van der Waals surface area contributed by atoms with Gasteiger partial charge in [-0.25, -0.2) is 9.97 Å². The quantitative estimate of drug-likeness (QED) is 0.845. The summed E-state index contributed by atoms with van der Waals surface area (Å²) >= 11 is 0. The topological polar surface area (TPSA) is 44.3 Å². The molecule has 0 aromatic carbocycles. The van der Waals surface area contributed by atoms with E-state index in [1.54, 1.807) is 0 Å². The van der Waals surface area contributed by atoms with E-state index >= 15 is 0 Å². The van der Waals surface area contributed by atoms with E-state index in [1.807, 2.05) is 0 Å². The number of hydrogen-bond acceptors (Lipinski definition) is 5. The monoisotopic (exact) mass is 375 g/mol. The summed E-state index contributed by atoms with van der Waals surface area (Å²) in [5, 5.41) is 3.70. The summed E-state index contributed by atoms with van der Waals surface area (Å²) < 4.78 is 0. The molecule has 154 valence electrons. The Morgan fingerprint density at radius 2 is 1.48 bits per heavy atom. The van der Waals surface area contributed by atoms with Crippen LogP contribution in [0, 0.1) is 0 Å². The molecule has 0 amide bonds. The maximum absolute atomic E-state index is 4.87. The first-order valence-corrected chi connectivity index (χ1v) is 10.4. The maximum Gasteiger partial charge on any atom is 0.136 e. The van der Waals surface area contributed by atoms with E-state index in [2.05, 4.69) is 83.6 Å². The fraction of sp³-hybridized carbons (Fsp3) is 0.818. The number of hydrogen-bond donors (Lipinski definition) is 1. The average Bonchev–Trinajstić information content (AvgIpc) is 2.52. The predicted octanol–water partition coefficient (Wildman–Crippen LogP) is 3.90. The van der Waals surface area contributed by atoms with Crippen molar-refractivity contribution >= 4 is 5.82 Å². The molecule has 1 aliphatic rings. The number of nitrogens with one attached hydrogen (secondary N) is 1. The van der Waals surface area contributed by atoms with Crippen molar-refractivity contribution in [2.45, 2.75) is 78.2 Å². The molecule has 2 rings (SSSR count). The Bertz CT molecular complexity index is 584. The fourth-order valence-electron chi connectivity index (χ4n) is 3.15. The van der Waals surface area contributed by atoms with Crippen molar-refractivity contribution in [1.29, 1.82) is 0 Å². The second kappa shape index (κ2) is 8.04. The fourth-order valence-corrected chi connectivity index (χ4v) is 3.15. The van der Waals surface area contributed by atoms with Crippen LogP contribution in [0.5, 0.6) is 0 Å². The van der Waals surface area contributed by atoms with Gasteiger partial charge in [0.2, 0.25) is 0 Å². The molecule has 5 nitrogen and oxygen atoms in total. The largest absolute Gasteiger partial charge is 0.365 e. The first-order chi connectivity index (χ1) is 12.3. The third kappa shape index (κ3) is 6.72. The molecule has 0 spiro atoms. The molecule has 27 heavy (non-hydrogen) atoms. The number of likely N-dealkylation sites (N-methyl/N-ethyl adjacent to an activating group) is 1. The van der Waals surface area contributed by atoms with Gasteiger partial charge in [0.1, 0.15) is 11.6 Å². The second-order valence-electron chi connectivity index (χ2n) is 10.9. The normalized spacial score (nSPS) is 18.0. The smallest absolute Gasteiger partial charge is 0.136 e. The van der Waals surface area contributed by atoms with Gasteiger partial charge >= 0.3 is 0 Å². The van der Waals surface area contributed by atoms with E-state index in [0.717, 1.165) is 30.3 Å². The van der Waals surface area contributed by atoms with Crippen LogP contribution in [0.4, 0.5) is 5.82 Å². The van der Waals surface area contributed by atoms with Gasteiger partial charge in [0.05, 0.1) is 5.69 Å². The average molecular weight is 376 g/mol. The molecule has 0 bridgehead atoms. The number of rotatable bonds is 5. The Morgan fingerprint density at radius 1 is 0.889 bits per heavy atom. The molecule has 5 heteroatoms. The highest BCUT2D eigenvalue weighted by molar-refractivity contribution is 5.41. The van der Waals surface area contributed by atoms with Crippen molar-refractivity contribution in [3.8, 4) is 0 Å². The molecular formula is C22H41N5. The molecule has 1 aromatic rings. The van der Waals surface area contributed by atoms with Crippen LogP contribution in [-0.4, -0.2) is 65.1 Å². The minimum absolute atomic E-state index is 0.00331. The van der Waals surface area contributed by atoms with Crippen molar-refractivity contribution in [3.05, 3.63) is 17.6 Å². The van der Waals surface area contributed by atoms with E-state index in [9.17, 15) is 0 Å². The summed E-state index contributed by atoms with van der Waals surface area (Å²) in [7, 11) is 2.21. The van der Waals surface area contributed by atoms with E-state index in [0.29, 0.717) is 0 Å². The Balaban J connectivity index is 2.11. The van der Waals surface area contributed by atoms with Crippen molar-refractivity contribution in [2.75, 3.05) is 45.1 Å². The van der Waals surface area contributed by atoms with Crippen molar-refractivity contribution in [1.82, 2.24) is 19.8 Å². The van der Waals surface area contributed by atoms with Gasteiger partial charge in [-0.05, 0) is 27.3 Å². The van der Waals surface area contributed by atoms with Gasteiger partial charge in [-0.2, -0.15) is 0 Å². The molecule has 0 saturated carbocycles. The Labute approximate surface area is 167 Å². The van der Waals surface area contributed by atoms with Gasteiger partial charge in [-0.1, -0.05) is 41.5 Å². The summed E-state index contributed by atoms with van der Waals surface area (Å²) in [6.07, 6.45) is 1.09. The van der Waals surface area contributed by atoms with Crippen LogP contribution in [-0.2, 0) is 10.8 Å². The molecule has 1 aliphatic heterocycles. The van der Waals surface area contributed by atoms with Gasteiger partial charge < -0.3 is 15.1 Å². The zero-order valence-corrected chi connectivity index (χ0v) is 19.1. The lowest BCUT2D eigenvalue weighted by atomic mass is 9.90. The third-order valence-corrected chi connectivity index (χ3v) is 5.28. The highest BCUT2D eigenvalue weighted by Gasteiger charge is 2.26. The SMILES string of the molecule is CN1CCN(CCC(C)(C)Nc2cc(C(C)(C)C)nc(C(C)(C)C)n2)CC1. The Morgan fingerprint density at radius 3 is 2.00 bits per heavy atom.